The number of anilines is 1. The molecule has 18 heavy (non-hydrogen) atoms. The van der Waals surface area contributed by atoms with Crippen LogP contribution in [0.5, 0.6) is 0 Å². The van der Waals surface area contributed by atoms with E-state index in [4.69, 9.17) is 4.74 Å². The Labute approximate surface area is 107 Å². The Morgan fingerprint density at radius 1 is 1.44 bits per heavy atom. The molecule has 0 bridgehead atoms. The average Bonchev–Trinajstić information content (AvgIpc) is 3.01. The molecule has 1 aliphatic rings. The van der Waals surface area contributed by atoms with E-state index in [2.05, 4.69) is 15.5 Å². The van der Waals surface area contributed by atoms with Gasteiger partial charge in [-0.3, -0.25) is 9.36 Å². The summed E-state index contributed by atoms with van der Waals surface area (Å²) < 4.78 is 6.77. The Morgan fingerprint density at radius 3 is 2.61 bits per heavy atom. The first-order valence-electron chi connectivity index (χ1n) is 6.34. The maximum absolute atomic E-state index is 12.0. The molecule has 1 fully saturated rings. The maximum Gasteiger partial charge on any atom is 0.316 e. The van der Waals surface area contributed by atoms with Crippen molar-refractivity contribution in [2.45, 2.75) is 31.6 Å². The molecule has 0 saturated heterocycles. The highest BCUT2D eigenvalue weighted by Gasteiger charge is 2.36. The molecule has 1 saturated carbocycles. The van der Waals surface area contributed by atoms with Crippen LogP contribution in [0, 0.1) is 5.92 Å². The number of hydrogen-bond acceptors (Lipinski definition) is 5. The number of rotatable bonds is 4. The summed E-state index contributed by atoms with van der Waals surface area (Å²) >= 11 is 0. The molecule has 0 radical (unpaired) electrons. The molecular weight excluding hydrogens is 232 g/mol. The van der Waals surface area contributed by atoms with Crippen LogP contribution in [0.25, 0.3) is 0 Å². The number of methoxy groups -OCH3 is 1. The highest BCUT2D eigenvalue weighted by Crippen LogP contribution is 2.37. The van der Waals surface area contributed by atoms with Crippen molar-refractivity contribution in [3.05, 3.63) is 5.82 Å². The SMILES string of the molecule is CNc1nnc(C(C(=O)OC)C2CCCC2)n1C. The van der Waals surface area contributed by atoms with Gasteiger partial charge in [0, 0.05) is 14.1 Å². The largest absolute Gasteiger partial charge is 0.468 e. The minimum absolute atomic E-state index is 0.208. The van der Waals surface area contributed by atoms with Crippen molar-refractivity contribution in [3.63, 3.8) is 0 Å². The van der Waals surface area contributed by atoms with Gasteiger partial charge in [-0.1, -0.05) is 12.8 Å². The van der Waals surface area contributed by atoms with E-state index in [1.807, 2.05) is 11.6 Å². The first kappa shape index (κ1) is 12.9. The second kappa shape index (κ2) is 5.37. The van der Waals surface area contributed by atoms with Crippen LogP contribution in [0.2, 0.25) is 0 Å². The van der Waals surface area contributed by atoms with Crippen LogP contribution >= 0.6 is 0 Å². The molecular formula is C12H20N4O2. The number of carbonyl (C=O) groups is 1. The Kier molecular flexibility index (Phi) is 3.84. The lowest BCUT2D eigenvalue weighted by atomic mass is 9.90. The Balaban J connectivity index is 2.32. The smallest absolute Gasteiger partial charge is 0.316 e. The standard InChI is InChI=1S/C12H20N4O2/c1-13-12-15-14-10(16(12)2)9(11(17)18-3)8-6-4-5-7-8/h8-9H,4-7H2,1-3H3,(H,13,15). The third-order valence-electron chi connectivity index (χ3n) is 3.74. The molecule has 1 aromatic heterocycles. The zero-order valence-corrected chi connectivity index (χ0v) is 11.1. The van der Waals surface area contributed by atoms with Gasteiger partial charge in [0.25, 0.3) is 0 Å². The van der Waals surface area contributed by atoms with E-state index < -0.39 is 0 Å². The van der Waals surface area contributed by atoms with Crippen molar-refractivity contribution < 1.29 is 9.53 Å². The molecule has 1 unspecified atom stereocenters. The molecule has 6 nitrogen and oxygen atoms in total. The number of nitrogens with zero attached hydrogens (tertiary/aromatic N) is 3. The third kappa shape index (κ3) is 2.19. The number of ether oxygens (including phenoxy) is 1. The lowest BCUT2D eigenvalue weighted by molar-refractivity contribution is -0.144. The minimum Gasteiger partial charge on any atom is -0.468 e. The van der Waals surface area contributed by atoms with E-state index in [0.29, 0.717) is 17.7 Å². The van der Waals surface area contributed by atoms with Crippen LogP contribution < -0.4 is 5.32 Å². The van der Waals surface area contributed by atoms with Gasteiger partial charge >= 0.3 is 5.97 Å². The fraction of sp³-hybridized carbons (Fsp3) is 0.750. The summed E-state index contributed by atoms with van der Waals surface area (Å²) in [6.45, 7) is 0. The second-order valence-corrected chi connectivity index (χ2v) is 4.74. The van der Waals surface area contributed by atoms with Gasteiger partial charge in [0.1, 0.15) is 11.7 Å². The number of hydrogen-bond donors (Lipinski definition) is 1. The quantitative estimate of drug-likeness (QED) is 0.818. The summed E-state index contributed by atoms with van der Waals surface area (Å²) in [6, 6.07) is 0. The van der Waals surface area contributed by atoms with Crippen molar-refractivity contribution in [2.75, 3.05) is 19.5 Å². The summed E-state index contributed by atoms with van der Waals surface area (Å²) in [5, 5.41) is 11.1. The number of carbonyl (C=O) groups excluding carboxylic acids is 1. The predicted molar refractivity (Wildman–Crippen MR) is 67.3 cm³/mol. The lowest BCUT2D eigenvalue weighted by Crippen LogP contribution is -2.24. The molecule has 2 rings (SSSR count). The molecule has 100 valence electrons. The summed E-state index contributed by atoms with van der Waals surface area (Å²) in [5.41, 5.74) is 0. The highest BCUT2D eigenvalue weighted by molar-refractivity contribution is 5.77. The first-order valence-corrected chi connectivity index (χ1v) is 6.34. The predicted octanol–water partition coefficient (Wildman–Crippen LogP) is 1.30. The highest BCUT2D eigenvalue weighted by atomic mass is 16.5. The minimum atomic E-state index is -0.294. The van der Waals surface area contributed by atoms with Crippen LogP contribution in [-0.4, -0.2) is 34.9 Å². The van der Waals surface area contributed by atoms with Crippen LogP contribution in [0.15, 0.2) is 0 Å². The van der Waals surface area contributed by atoms with Crippen molar-refractivity contribution in [2.24, 2.45) is 13.0 Å². The van der Waals surface area contributed by atoms with E-state index in [1.54, 1.807) is 7.05 Å². The Bertz CT molecular complexity index is 424. The zero-order chi connectivity index (χ0) is 13.1. The summed E-state index contributed by atoms with van der Waals surface area (Å²) in [5.74, 6) is 1.18. The number of aromatic nitrogens is 3. The van der Waals surface area contributed by atoms with Gasteiger partial charge in [-0.15, -0.1) is 10.2 Å². The van der Waals surface area contributed by atoms with Crippen LogP contribution in [-0.2, 0) is 16.6 Å². The average molecular weight is 252 g/mol. The van der Waals surface area contributed by atoms with Crippen LogP contribution in [0.1, 0.15) is 37.4 Å². The van der Waals surface area contributed by atoms with Crippen molar-refractivity contribution in [3.8, 4) is 0 Å². The number of nitrogens with one attached hydrogen (secondary N) is 1. The van der Waals surface area contributed by atoms with Crippen molar-refractivity contribution in [1.29, 1.82) is 0 Å². The van der Waals surface area contributed by atoms with Gasteiger partial charge in [-0.25, -0.2) is 0 Å². The maximum atomic E-state index is 12.0. The van der Waals surface area contributed by atoms with Crippen molar-refractivity contribution >= 4 is 11.9 Å². The van der Waals surface area contributed by atoms with E-state index in [0.717, 1.165) is 12.8 Å². The van der Waals surface area contributed by atoms with E-state index >= 15 is 0 Å². The summed E-state index contributed by atoms with van der Waals surface area (Å²) in [4.78, 5) is 12.0. The van der Waals surface area contributed by atoms with Gasteiger partial charge in [0.05, 0.1) is 7.11 Å². The molecule has 1 aromatic rings. The first-order chi connectivity index (χ1) is 8.69. The van der Waals surface area contributed by atoms with Crippen LogP contribution in [0.4, 0.5) is 5.95 Å². The van der Waals surface area contributed by atoms with E-state index in [9.17, 15) is 4.79 Å². The Morgan fingerprint density at radius 2 is 2.11 bits per heavy atom. The van der Waals surface area contributed by atoms with Crippen molar-refractivity contribution in [1.82, 2.24) is 14.8 Å². The number of esters is 1. The lowest BCUT2D eigenvalue weighted by Gasteiger charge is -2.20. The molecule has 0 aromatic carbocycles. The third-order valence-corrected chi connectivity index (χ3v) is 3.74. The Hall–Kier alpha value is -1.59. The monoisotopic (exact) mass is 252 g/mol. The fourth-order valence-corrected chi connectivity index (χ4v) is 2.76. The molecule has 1 atom stereocenters. The van der Waals surface area contributed by atoms with Crippen LogP contribution in [0.3, 0.4) is 0 Å². The fourth-order valence-electron chi connectivity index (χ4n) is 2.76. The van der Waals surface area contributed by atoms with Gasteiger partial charge in [-0.05, 0) is 18.8 Å². The van der Waals surface area contributed by atoms with E-state index in [1.165, 1.54) is 20.0 Å². The topological polar surface area (TPSA) is 69.0 Å². The van der Waals surface area contributed by atoms with E-state index in [-0.39, 0.29) is 11.9 Å². The molecule has 6 heteroatoms. The molecule has 0 aliphatic heterocycles. The molecule has 1 heterocycles. The van der Waals surface area contributed by atoms with Gasteiger partial charge in [0.15, 0.2) is 0 Å². The second-order valence-electron chi connectivity index (χ2n) is 4.74. The van der Waals surface area contributed by atoms with Gasteiger partial charge in [-0.2, -0.15) is 0 Å². The van der Waals surface area contributed by atoms with Gasteiger partial charge in [0.2, 0.25) is 5.95 Å². The zero-order valence-electron chi connectivity index (χ0n) is 11.1. The summed E-state index contributed by atoms with van der Waals surface area (Å²) in [6.07, 6.45) is 4.47. The summed E-state index contributed by atoms with van der Waals surface area (Å²) in [7, 11) is 5.09. The normalized spacial score (nSPS) is 17.7. The van der Waals surface area contributed by atoms with Gasteiger partial charge < -0.3 is 10.1 Å². The molecule has 0 amide bonds. The molecule has 1 aliphatic carbocycles. The molecule has 0 spiro atoms. The molecule has 1 N–H and O–H groups in total.